The number of benzene rings is 1. The Morgan fingerprint density at radius 2 is 2.05 bits per heavy atom. The van der Waals surface area contributed by atoms with E-state index in [1.165, 1.54) is 0 Å². The number of hydrogen-bond acceptors (Lipinski definition) is 4. The molecule has 0 aliphatic carbocycles. The van der Waals surface area contributed by atoms with Crippen LogP contribution < -0.4 is 11.1 Å². The van der Waals surface area contributed by atoms with Crippen molar-refractivity contribution in [3.8, 4) is 0 Å². The second-order valence-electron chi connectivity index (χ2n) is 4.80. The van der Waals surface area contributed by atoms with Crippen LogP contribution >= 0.6 is 0 Å². The van der Waals surface area contributed by atoms with Crippen molar-refractivity contribution >= 4 is 15.9 Å². The number of hydrogen-bond donors (Lipinski definition) is 2. The van der Waals surface area contributed by atoms with E-state index in [1.807, 2.05) is 0 Å². The quantitative estimate of drug-likeness (QED) is 0.821. The second kappa shape index (κ2) is 5.86. The third-order valence-corrected chi connectivity index (χ3v) is 5.14. The van der Waals surface area contributed by atoms with Crippen LogP contribution in [0.3, 0.4) is 0 Å². The van der Waals surface area contributed by atoms with Gasteiger partial charge in [-0.1, -0.05) is 6.07 Å². The van der Waals surface area contributed by atoms with Crippen molar-refractivity contribution in [3.05, 3.63) is 29.8 Å². The first-order valence-electron chi connectivity index (χ1n) is 6.32. The van der Waals surface area contributed by atoms with E-state index < -0.39 is 38.6 Å². The van der Waals surface area contributed by atoms with Crippen molar-refractivity contribution in [2.24, 2.45) is 5.73 Å². The summed E-state index contributed by atoms with van der Waals surface area (Å²) in [6.07, 6.45) is -4.63. The molecule has 0 saturated carbocycles. The molecule has 0 radical (unpaired) electrons. The first-order valence-corrected chi connectivity index (χ1v) is 7.76. The summed E-state index contributed by atoms with van der Waals surface area (Å²) < 4.78 is 63.8. The van der Waals surface area contributed by atoms with Gasteiger partial charge in [-0.15, -0.1) is 0 Å². The lowest BCUT2D eigenvalue weighted by Crippen LogP contribution is -2.57. The van der Waals surface area contributed by atoms with Gasteiger partial charge in [0.05, 0.1) is 10.5 Å². The Labute approximate surface area is 125 Å². The molecule has 1 aliphatic heterocycles. The van der Waals surface area contributed by atoms with Crippen LogP contribution in [0.5, 0.6) is 0 Å². The molecule has 1 atom stereocenters. The molecule has 1 aromatic rings. The van der Waals surface area contributed by atoms with E-state index in [0.29, 0.717) is 6.07 Å². The van der Waals surface area contributed by atoms with Crippen LogP contribution in [0.2, 0.25) is 0 Å². The zero-order chi connectivity index (χ0) is 16.5. The van der Waals surface area contributed by atoms with Crippen molar-refractivity contribution in [2.75, 3.05) is 19.6 Å². The molecule has 1 unspecified atom stereocenters. The molecule has 0 spiro atoms. The van der Waals surface area contributed by atoms with Gasteiger partial charge in [-0.25, -0.2) is 8.42 Å². The van der Waals surface area contributed by atoms with Crippen molar-refractivity contribution in [3.63, 3.8) is 0 Å². The zero-order valence-corrected chi connectivity index (χ0v) is 12.1. The molecule has 10 heteroatoms. The molecule has 22 heavy (non-hydrogen) atoms. The average molecular weight is 337 g/mol. The number of carbonyl (C=O) groups excluding carboxylic acids is 1. The fourth-order valence-electron chi connectivity index (χ4n) is 2.11. The van der Waals surface area contributed by atoms with Crippen LogP contribution in [-0.4, -0.2) is 44.3 Å². The van der Waals surface area contributed by atoms with Crippen LogP contribution in [0.1, 0.15) is 5.56 Å². The summed E-state index contributed by atoms with van der Waals surface area (Å²) in [5, 5.41) is 2.75. The fraction of sp³-hybridized carbons (Fsp3) is 0.417. The molecular formula is C12H14F3N3O3S. The van der Waals surface area contributed by atoms with Crippen LogP contribution in [-0.2, 0) is 21.0 Å². The number of sulfonamides is 1. The largest absolute Gasteiger partial charge is 0.416 e. The Bertz CT molecular complexity index is 676. The maximum atomic E-state index is 12.7. The first-order chi connectivity index (χ1) is 10.1. The molecule has 3 N–H and O–H groups in total. The Morgan fingerprint density at radius 3 is 2.64 bits per heavy atom. The lowest BCUT2D eigenvalue weighted by molar-refractivity contribution is -0.137. The minimum atomic E-state index is -4.63. The van der Waals surface area contributed by atoms with Gasteiger partial charge in [0.25, 0.3) is 0 Å². The number of nitrogens with two attached hydrogens (primary N) is 1. The molecule has 1 saturated heterocycles. The molecule has 122 valence electrons. The molecule has 1 aliphatic rings. The summed E-state index contributed by atoms with van der Waals surface area (Å²) >= 11 is 0. The van der Waals surface area contributed by atoms with Gasteiger partial charge in [0.15, 0.2) is 0 Å². The van der Waals surface area contributed by atoms with Gasteiger partial charge in [0.2, 0.25) is 15.9 Å². The number of piperazine rings is 1. The molecule has 2 rings (SSSR count). The fourth-order valence-corrected chi connectivity index (χ4v) is 3.62. The summed E-state index contributed by atoms with van der Waals surface area (Å²) in [7, 11) is -4.13. The van der Waals surface area contributed by atoms with E-state index >= 15 is 0 Å². The lowest BCUT2D eigenvalue weighted by atomic mass is 10.2. The van der Waals surface area contributed by atoms with E-state index in [2.05, 4.69) is 5.32 Å². The number of nitrogens with zero attached hydrogens (tertiary/aromatic N) is 1. The third kappa shape index (κ3) is 3.39. The van der Waals surface area contributed by atoms with Gasteiger partial charge in [0, 0.05) is 19.6 Å². The summed E-state index contributed by atoms with van der Waals surface area (Å²) in [6, 6.07) is 2.63. The van der Waals surface area contributed by atoms with E-state index in [0.717, 1.165) is 22.5 Å². The second-order valence-corrected chi connectivity index (χ2v) is 6.74. The van der Waals surface area contributed by atoms with Crippen molar-refractivity contribution < 1.29 is 26.4 Å². The van der Waals surface area contributed by atoms with Crippen LogP contribution in [0.4, 0.5) is 13.2 Å². The average Bonchev–Trinajstić information content (AvgIpc) is 2.46. The minimum absolute atomic E-state index is 0.0440. The molecule has 1 amide bonds. The predicted molar refractivity (Wildman–Crippen MR) is 71.2 cm³/mol. The SMILES string of the molecule is NC(=O)C1CN(S(=O)(=O)c2cccc(C(F)(F)F)c2)CCN1. The number of amides is 1. The van der Waals surface area contributed by atoms with Crippen molar-refractivity contribution in [1.82, 2.24) is 9.62 Å². The zero-order valence-electron chi connectivity index (χ0n) is 11.3. The summed E-state index contributed by atoms with van der Waals surface area (Å²) in [5.41, 5.74) is 4.07. The highest BCUT2D eigenvalue weighted by Gasteiger charge is 2.35. The van der Waals surface area contributed by atoms with Gasteiger partial charge < -0.3 is 11.1 Å². The predicted octanol–water partition coefficient (Wildman–Crippen LogP) is 0.153. The van der Waals surface area contributed by atoms with E-state index in [-0.39, 0.29) is 19.6 Å². The smallest absolute Gasteiger partial charge is 0.368 e. The topological polar surface area (TPSA) is 92.5 Å². The van der Waals surface area contributed by atoms with Gasteiger partial charge in [-0.05, 0) is 18.2 Å². The van der Waals surface area contributed by atoms with E-state index in [4.69, 9.17) is 5.73 Å². The highest BCUT2D eigenvalue weighted by molar-refractivity contribution is 7.89. The van der Waals surface area contributed by atoms with Crippen LogP contribution in [0.15, 0.2) is 29.2 Å². The van der Waals surface area contributed by atoms with Gasteiger partial charge in [-0.3, -0.25) is 4.79 Å². The molecule has 0 aromatic heterocycles. The third-order valence-electron chi connectivity index (χ3n) is 3.28. The Balaban J connectivity index is 2.32. The molecule has 1 heterocycles. The maximum absolute atomic E-state index is 12.7. The number of carbonyl (C=O) groups is 1. The summed E-state index contributed by atoms with van der Waals surface area (Å²) in [4.78, 5) is 10.7. The maximum Gasteiger partial charge on any atom is 0.416 e. The number of primary amides is 1. The molecule has 1 aromatic carbocycles. The molecule has 6 nitrogen and oxygen atoms in total. The Hall–Kier alpha value is -1.65. The van der Waals surface area contributed by atoms with Crippen molar-refractivity contribution in [2.45, 2.75) is 17.1 Å². The Morgan fingerprint density at radius 1 is 1.36 bits per heavy atom. The number of alkyl halides is 3. The molecule has 0 bridgehead atoms. The monoisotopic (exact) mass is 337 g/mol. The minimum Gasteiger partial charge on any atom is -0.368 e. The Kier molecular flexibility index (Phi) is 4.45. The van der Waals surface area contributed by atoms with Crippen molar-refractivity contribution in [1.29, 1.82) is 0 Å². The van der Waals surface area contributed by atoms with Gasteiger partial charge in [-0.2, -0.15) is 17.5 Å². The number of nitrogens with one attached hydrogen (secondary N) is 1. The van der Waals surface area contributed by atoms with E-state index in [9.17, 15) is 26.4 Å². The standard InChI is InChI=1S/C12H14F3N3O3S/c13-12(14,15)8-2-1-3-9(6-8)22(20,21)18-5-4-17-10(7-18)11(16)19/h1-3,6,10,17H,4-5,7H2,(H2,16,19). The normalized spacial score (nSPS) is 20.8. The van der Waals surface area contributed by atoms with Crippen LogP contribution in [0, 0.1) is 0 Å². The lowest BCUT2D eigenvalue weighted by Gasteiger charge is -2.31. The van der Waals surface area contributed by atoms with Crippen LogP contribution in [0.25, 0.3) is 0 Å². The van der Waals surface area contributed by atoms with Gasteiger partial charge >= 0.3 is 6.18 Å². The summed E-state index contributed by atoms with van der Waals surface area (Å²) in [5.74, 6) is -0.719. The molecular weight excluding hydrogens is 323 g/mol. The number of halogens is 3. The highest BCUT2D eigenvalue weighted by atomic mass is 32.2. The molecule has 1 fully saturated rings. The highest BCUT2D eigenvalue weighted by Crippen LogP contribution is 2.31. The number of rotatable bonds is 3. The first kappa shape index (κ1) is 16.7. The summed E-state index contributed by atoms with van der Waals surface area (Å²) in [6.45, 7) is 0.0159. The van der Waals surface area contributed by atoms with Gasteiger partial charge in [0.1, 0.15) is 6.04 Å². The van der Waals surface area contributed by atoms with E-state index in [1.54, 1.807) is 0 Å².